The number of hydrogen-bond donors (Lipinski definition) is 1. The van der Waals surface area contributed by atoms with Crippen molar-refractivity contribution in [3.05, 3.63) is 57.4 Å². The number of benzene rings is 1. The molecular formula is C14H13BrClNO2. The smallest absolute Gasteiger partial charge is 0.256 e. The molecule has 2 rings (SSSR count). The van der Waals surface area contributed by atoms with Gasteiger partial charge in [-0.3, -0.25) is 4.79 Å². The number of amides is 1. The van der Waals surface area contributed by atoms with Gasteiger partial charge in [0.25, 0.3) is 5.91 Å². The Morgan fingerprint density at radius 3 is 2.58 bits per heavy atom. The zero-order chi connectivity index (χ0) is 13.8. The second-order valence-electron chi connectivity index (χ2n) is 4.09. The molecule has 1 N–H and O–H groups in total. The van der Waals surface area contributed by atoms with Gasteiger partial charge in [-0.15, -0.1) is 0 Å². The summed E-state index contributed by atoms with van der Waals surface area (Å²) in [6, 6.07) is 9.38. The van der Waals surface area contributed by atoms with E-state index in [9.17, 15) is 4.79 Å². The molecule has 1 amide bonds. The third-order valence-electron chi connectivity index (χ3n) is 2.85. The Balaban J connectivity index is 2.13. The monoisotopic (exact) mass is 341 g/mol. The molecule has 0 aliphatic rings. The van der Waals surface area contributed by atoms with Gasteiger partial charge < -0.3 is 9.73 Å². The van der Waals surface area contributed by atoms with Gasteiger partial charge in [-0.2, -0.15) is 0 Å². The molecule has 0 aliphatic carbocycles. The fourth-order valence-electron chi connectivity index (χ4n) is 1.81. The molecule has 5 heteroatoms. The Bertz CT molecular complexity index is 565. The van der Waals surface area contributed by atoms with E-state index in [4.69, 9.17) is 16.0 Å². The van der Waals surface area contributed by atoms with E-state index in [2.05, 4.69) is 21.2 Å². The fourth-order valence-corrected chi connectivity index (χ4v) is 2.27. The topological polar surface area (TPSA) is 42.2 Å². The lowest BCUT2D eigenvalue weighted by atomic mass is 10.0. The molecule has 0 saturated heterocycles. The van der Waals surface area contributed by atoms with Gasteiger partial charge in [0.05, 0.1) is 17.9 Å². The first-order chi connectivity index (χ1) is 9.11. The number of nitrogens with one attached hydrogen (secondary N) is 1. The molecule has 1 unspecified atom stereocenters. The van der Waals surface area contributed by atoms with Crippen LogP contribution in [0.3, 0.4) is 0 Å². The highest BCUT2D eigenvalue weighted by Crippen LogP contribution is 2.22. The summed E-state index contributed by atoms with van der Waals surface area (Å²) >= 11 is 9.19. The molecule has 0 saturated carbocycles. The average molecular weight is 343 g/mol. The first-order valence-electron chi connectivity index (χ1n) is 5.91. The van der Waals surface area contributed by atoms with Crippen molar-refractivity contribution in [3.8, 4) is 0 Å². The summed E-state index contributed by atoms with van der Waals surface area (Å²) < 4.78 is 5.93. The van der Waals surface area contributed by atoms with Crippen LogP contribution in [0.25, 0.3) is 0 Å². The van der Waals surface area contributed by atoms with Crippen molar-refractivity contribution in [1.82, 2.24) is 5.32 Å². The van der Waals surface area contributed by atoms with Crippen molar-refractivity contribution in [2.24, 2.45) is 0 Å². The van der Waals surface area contributed by atoms with Crippen LogP contribution in [0.1, 0.15) is 35.3 Å². The molecule has 2 aromatic rings. The predicted octanol–water partition coefficient (Wildman–Crippen LogP) is 4.58. The molecule has 1 atom stereocenters. The Labute approximate surface area is 125 Å². The largest absolute Gasteiger partial charge is 0.452 e. The first kappa shape index (κ1) is 14.2. The zero-order valence-corrected chi connectivity index (χ0v) is 12.7. The minimum atomic E-state index is -0.228. The van der Waals surface area contributed by atoms with E-state index in [1.54, 1.807) is 6.07 Å². The Morgan fingerprint density at radius 1 is 1.37 bits per heavy atom. The summed E-state index contributed by atoms with van der Waals surface area (Å²) in [4.78, 5) is 12.1. The van der Waals surface area contributed by atoms with E-state index in [-0.39, 0.29) is 17.2 Å². The number of carbonyl (C=O) groups is 1. The Morgan fingerprint density at radius 2 is 2.05 bits per heavy atom. The number of carbonyl (C=O) groups excluding carboxylic acids is 1. The average Bonchev–Trinajstić information content (AvgIpc) is 2.83. The van der Waals surface area contributed by atoms with Crippen LogP contribution >= 0.6 is 27.5 Å². The Kier molecular flexibility index (Phi) is 4.66. The van der Waals surface area contributed by atoms with E-state index < -0.39 is 0 Å². The quantitative estimate of drug-likeness (QED) is 0.884. The van der Waals surface area contributed by atoms with Gasteiger partial charge in [0.15, 0.2) is 0 Å². The minimum Gasteiger partial charge on any atom is -0.452 e. The molecule has 0 bridgehead atoms. The van der Waals surface area contributed by atoms with E-state index in [0.717, 1.165) is 16.5 Å². The van der Waals surface area contributed by atoms with Crippen LogP contribution in [0, 0.1) is 0 Å². The highest BCUT2D eigenvalue weighted by Gasteiger charge is 2.17. The van der Waals surface area contributed by atoms with Gasteiger partial charge in [-0.1, -0.05) is 35.0 Å². The fraction of sp³-hybridized carbons (Fsp3) is 0.214. The third-order valence-corrected chi connectivity index (χ3v) is 3.67. The number of furan rings is 1. The molecule has 1 heterocycles. The third kappa shape index (κ3) is 3.39. The van der Waals surface area contributed by atoms with Gasteiger partial charge >= 0.3 is 0 Å². The lowest BCUT2D eigenvalue weighted by molar-refractivity contribution is 0.0935. The molecular weight excluding hydrogens is 330 g/mol. The van der Waals surface area contributed by atoms with Crippen LogP contribution in [0.2, 0.25) is 5.22 Å². The van der Waals surface area contributed by atoms with Crippen molar-refractivity contribution in [1.29, 1.82) is 0 Å². The van der Waals surface area contributed by atoms with E-state index in [1.807, 2.05) is 31.2 Å². The van der Waals surface area contributed by atoms with Gasteiger partial charge in [0, 0.05) is 4.47 Å². The predicted molar refractivity (Wildman–Crippen MR) is 78.4 cm³/mol. The van der Waals surface area contributed by atoms with Gasteiger partial charge in [0.1, 0.15) is 0 Å². The van der Waals surface area contributed by atoms with Crippen LogP contribution < -0.4 is 5.32 Å². The molecule has 1 aromatic heterocycles. The second kappa shape index (κ2) is 6.26. The normalized spacial score (nSPS) is 12.2. The summed E-state index contributed by atoms with van der Waals surface area (Å²) in [6.07, 6.45) is 2.20. The molecule has 1 aromatic carbocycles. The van der Waals surface area contributed by atoms with E-state index in [0.29, 0.717) is 5.56 Å². The summed E-state index contributed by atoms with van der Waals surface area (Å²) in [7, 11) is 0. The van der Waals surface area contributed by atoms with Crippen molar-refractivity contribution < 1.29 is 9.21 Å². The lowest BCUT2D eigenvalue weighted by Crippen LogP contribution is -2.28. The standard InChI is InChI=1S/C14H13BrClNO2/c1-2-12(9-3-5-10(15)6-4-9)17-14(18)11-7-8-19-13(11)16/h3-8,12H,2H2,1H3,(H,17,18). The maximum Gasteiger partial charge on any atom is 0.256 e. The highest BCUT2D eigenvalue weighted by molar-refractivity contribution is 9.10. The number of halogens is 2. The Hall–Kier alpha value is -1.26. The van der Waals surface area contributed by atoms with Crippen LogP contribution in [0.15, 0.2) is 45.5 Å². The van der Waals surface area contributed by atoms with Crippen LogP contribution in [0.5, 0.6) is 0 Å². The van der Waals surface area contributed by atoms with Crippen molar-refractivity contribution in [3.63, 3.8) is 0 Å². The van der Waals surface area contributed by atoms with E-state index >= 15 is 0 Å². The molecule has 3 nitrogen and oxygen atoms in total. The maximum absolute atomic E-state index is 12.1. The lowest BCUT2D eigenvalue weighted by Gasteiger charge is -2.17. The van der Waals surface area contributed by atoms with Crippen molar-refractivity contribution >= 4 is 33.4 Å². The van der Waals surface area contributed by atoms with E-state index in [1.165, 1.54) is 6.26 Å². The zero-order valence-electron chi connectivity index (χ0n) is 10.3. The van der Waals surface area contributed by atoms with Gasteiger partial charge in [-0.25, -0.2) is 0 Å². The number of rotatable bonds is 4. The summed E-state index contributed by atoms with van der Waals surface area (Å²) in [5.74, 6) is -0.228. The summed E-state index contributed by atoms with van der Waals surface area (Å²) in [5.41, 5.74) is 1.41. The van der Waals surface area contributed by atoms with Crippen LogP contribution in [-0.4, -0.2) is 5.91 Å². The molecule has 0 aliphatic heterocycles. The second-order valence-corrected chi connectivity index (χ2v) is 5.35. The number of hydrogen-bond acceptors (Lipinski definition) is 2. The first-order valence-corrected chi connectivity index (χ1v) is 7.08. The molecule has 100 valence electrons. The molecule has 0 spiro atoms. The minimum absolute atomic E-state index is 0.0495. The summed E-state index contributed by atoms with van der Waals surface area (Å²) in [6.45, 7) is 2.02. The van der Waals surface area contributed by atoms with Gasteiger partial charge in [-0.05, 0) is 41.8 Å². The molecule has 0 radical (unpaired) electrons. The highest BCUT2D eigenvalue weighted by atomic mass is 79.9. The summed E-state index contributed by atoms with van der Waals surface area (Å²) in [5, 5.41) is 3.06. The maximum atomic E-state index is 12.1. The van der Waals surface area contributed by atoms with Crippen molar-refractivity contribution in [2.45, 2.75) is 19.4 Å². The van der Waals surface area contributed by atoms with Crippen LogP contribution in [-0.2, 0) is 0 Å². The molecule has 0 fully saturated rings. The van der Waals surface area contributed by atoms with Crippen molar-refractivity contribution in [2.75, 3.05) is 0 Å². The van der Waals surface area contributed by atoms with Crippen LogP contribution in [0.4, 0.5) is 0 Å². The SMILES string of the molecule is CCC(NC(=O)c1ccoc1Cl)c1ccc(Br)cc1. The van der Waals surface area contributed by atoms with Gasteiger partial charge in [0.2, 0.25) is 5.22 Å². The molecule has 19 heavy (non-hydrogen) atoms.